The maximum atomic E-state index is 13.0. The molecule has 2 saturated carbocycles. The molecule has 1 heterocycles. The van der Waals surface area contributed by atoms with Gasteiger partial charge in [-0.2, -0.15) is 10.2 Å². The van der Waals surface area contributed by atoms with E-state index in [0.717, 1.165) is 31.4 Å². The Hall–Kier alpha value is -3.68. The molecule has 2 aromatic carbocycles. The summed E-state index contributed by atoms with van der Waals surface area (Å²) in [6, 6.07) is 15.7. The summed E-state index contributed by atoms with van der Waals surface area (Å²) in [5.74, 6) is -1.29. The maximum absolute atomic E-state index is 13.0. The lowest BCUT2D eigenvalue weighted by Crippen LogP contribution is -2.62. The summed E-state index contributed by atoms with van der Waals surface area (Å²) >= 11 is 0. The van der Waals surface area contributed by atoms with Gasteiger partial charge in [-0.15, -0.1) is 0 Å². The minimum atomic E-state index is -1.11. The van der Waals surface area contributed by atoms with E-state index in [4.69, 9.17) is 0 Å². The summed E-state index contributed by atoms with van der Waals surface area (Å²) in [4.78, 5) is 43.4. The molecule has 0 unspecified atom stereocenters. The highest BCUT2D eigenvalue weighted by Crippen LogP contribution is 2.47. The highest BCUT2D eigenvalue weighted by Gasteiger charge is 2.50. The monoisotopic (exact) mass is 429 g/mol. The number of nitrogens with one attached hydrogen (secondary N) is 1. The van der Waals surface area contributed by atoms with Gasteiger partial charge in [0.05, 0.1) is 17.1 Å². The summed E-state index contributed by atoms with van der Waals surface area (Å²) in [6.07, 6.45) is 5.41. The van der Waals surface area contributed by atoms with Crippen LogP contribution in [0.25, 0.3) is 0 Å². The van der Waals surface area contributed by atoms with Gasteiger partial charge in [0.25, 0.3) is 0 Å². The molecular formula is C24H23N5O3. The average molecular weight is 429 g/mol. The number of amides is 4. The molecule has 162 valence electrons. The number of hydrogen-bond donors (Lipinski definition) is 1. The van der Waals surface area contributed by atoms with Crippen molar-refractivity contribution in [3.63, 3.8) is 0 Å². The van der Waals surface area contributed by atoms with Crippen LogP contribution in [-0.2, 0) is 9.59 Å². The lowest BCUT2D eigenvalue weighted by molar-refractivity contribution is -0.141. The molecule has 8 heteroatoms. The molecule has 1 N–H and O–H groups in total. The van der Waals surface area contributed by atoms with Crippen LogP contribution in [-0.4, -0.2) is 35.0 Å². The van der Waals surface area contributed by atoms with Gasteiger partial charge in [0.2, 0.25) is 11.8 Å². The van der Waals surface area contributed by atoms with Crippen LogP contribution in [0.3, 0.4) is 0 Å². The Labute approximate surface area is 185 Å². The van der Waals surface area contributed by atoms with Crippen LogP contribution in [0.15, 0.2) is 69.8 Å². The van der Waals surface area contributed by atoms with Gasteiger partial charge in [0, 0.05) is 12.3 Å². The predicted octanol–water partition coefficient (Wildman–Crippen LogP) is 4.69. The Balaban J connectivity index is 1.27. The number of aliphatic imine (C=N–C) groups is 1. The van der Waals surface area contributed by atoms with Gasteiger partial charge in [0.15, 0.2) is 5.92 Å². The summed E-state index contributed by atoms with van der Waals surface area (Å²) < 4.78 is 0. The van der Waals surface area contributed by atoms with Gasteiger partial charge in [-0.05, 0) is 67.5 Å². The molecule has 5 rings (SSSR count). The maximum Gasteiger partial charge on any atom is 0.331 e. The lowest BCUT2D eigenvalue weighted by atomic mass is 9.92. The Morgan fingerprint density at radius 2 is 1.53 bits per heavy atom. The molecule has 1 aliphatic heterocycles. The normalized spacial score (nSPS) is 27.6. The van der Waals surface area contributed by atoms with E-state index in [1.165, 1.54) is 11.1 Å². The van der Waals surface area contributed by atoms with E-state index in [1.807, 2.05) is 30.3 Å². The highest BCUT2D eigenvalue weighted by molar-refractivity contribution is 6.23. The van der Waals surface area contributed by atoms with Crippen LogP contribution in [0.5, 0.6) is 0 Å². The van der Waals surface area contributed by atoms with Crippen LogP contribution in [0.2, 0.25) is 0 Å². The Bertz CT molecular complexity index is 1100. The molecule has 3 aliphatic rings. The van der Waals surface area contributed by atoms with Crippen LogP contribution >= 0.6 is 0 Å². The minimum absolute atomic E-state index is 0.112. The third kappa shape index (κ3) is 3.95. The Morgan fingerprint density at radius 3 is 2.19 bits per heavy atom. The highest BCUT2D eigenvalue weighted by atomic mass is 16.2. The van der Waals surface area contributed by atoms with Crippen LogP contribution < -0.4 is 5.32 Å². The second-order valence-corrected chi connectivity index (χ2v) is 8.55. The SMILES string of the molecule is O=C1NC(=O)N([C@@H]2C[C@H]3CC[C@H]2C3)C(=O)[C@H]1C=Nc1ccc(N=Nc2ccccc2)cc1. The second kappa shape index (κ2) is 8.45. The van der Waals surface area contributed by atoms with E-state index < -0.39 is 23.8 Å². The number of nitrogens with zero attached hydrogens (tertiary/aromatic N) is 4. The number of carbonyl (C=O) groups excluding carboxylic acids is 3. The Kier molecular flexibility index (Phi) is 5.34. The fourth-order valence-electron chi connectivity index (χ4n) is 4.95. The van der Waals surface area contributed by atoms with Gasteiger partial charge in [-0.1, -0.05) is 24.6 Å². The second-order valence-electron chi connectivity index (χ2n) is 8.55. The third-order valence-electron chi connectivity index (χ3n) is 6.53. The Morgan fingerprint density at radius 1 is 0.844 bits per heavy atom. The molecule has 0 spiro atoms. The van der Waals surface area contributed by atoms with Crippen molar-refractivity contribution in [1.82, 2.24) is 10.2 Å². The van der Waals surface area contributed by atoms with Crippen molar-refractivity contribution in [2.45, 2.75) is 31.7 Å². The first-order chi connectivity index (χ1) is 15.6. The molecular weight excluding hydrogens is 406 g/mol. The number of imide groups is 2. The van der Waals surface area contributed by atoms with E-state index in [1.54, 1.807) is 24.3 Å². The topological polar surface area (TPSA) is 104 Å². The molecule has 8 nitrogen and oxygen atoms in total. The molecule has 2 aromatic rings. The number of benzene rings is 2. The summed E-state index contributed by atoms with van der Waals surface area (Å²) in [5, 5.41) is 10.7. The fraction of sp³-hybridized carbons (Fsp3) is 0.333. The first-order valence-electron chi connectivity index (χ1n) is 10.9. The zero-order chi connectivity index (χ0) is 22.1. The van der Waals surface area contributed by atoms with Gasteiger partial charge in [-0.25, -0.2) is 4.79 Å². The van der Waals surface area contributed by atoms with Crippen LogP contribution in [0, 0.1) is 17.8 Å². The van der Waals surface area contributed by atoms with Crippen molar-refractivity contribution in [3.05, 3.63) is 54.6 Å². The number of hydrogen-bond acceptors (Lipinski definition) is 6. The van der Waals surface area contributed by atoms with E-state index >= 15 is 0 Å². The molecule has 2 aliphatic carbocycles. The number of barbiturate groups is 1. The van der Waals surface area contributed by atoms with Gasteiger partial charge in [0.1, 0.15) is 0 Å². The van der Waals surface area contributed by atoms with Crippen molar-refractivity contribution < 1.29 is 14.4 Å². The summed E-state index contributed by atoms with van der Waals surface area (Å²) in [6.45, 7) is 0. The van der Waals surface area contributed by atoms with Crippen LogP contribution in [0.4, 0.5) is 21.9 Å². The van der Waals surface area contributed by atoms with Gasteiger partial charge >= 0.3 is 6.03 Å². The van der Waals surface area contributed by atoms with Crippen molar-refractivity contribution in [1.29, 1.82) is 0 Å². The fourth-order valence-corrected chi connectivity index (χ4v) is 4.95. The van der Waals surface area contributed by atoms with Crippen molar-refractivity contribution in [3.8, 4) is 0 Å². The zero-order valence-electron chi connectivity index (χ0n) is 17.4. The van der Waals surface area contributed by atoms with Gasteiger partial charge in [-0.3, -0.25) is 24.8 Å². The molecule has 0 radical (unpaired) electrons. The molecule has 4 amide bonds. The van der Waals surface area contributed by atoms with Crippen molar-refractivity contribution in [2.24, 2.45) is 33.0 Å². The van der Waals surface area contributed by atoms with Crippen molar-refractivity contribution in [2.75, 3.05) is 0 Å². The summed E-state index contributed by atoms with van der Waals surface area (Å²) in [7, 11) is 0. The molecule has 4 atom stereocenters. The van der Waals surface area contributed by atoms with E-state index in [2.05, 4.69) is 20.5 Å². The molecule has 2 bridgehead atoms. The molecule has 3 fully saturated rings. The first-order valence-corrected chi connectivity index (χ1v) is 10.9. The third-order valence-corrected chi connectivity index (χ3v) is 6.53. The number of fused-ring (bicyclic) bond motifs is 2. The van der Waals surface area contributed by atoms with E-state index in [9.17, 15) is 14.4 Å². The number of urea groups is 1. The lowest BCUT2D eigenvalue weighted by Gasteiger charge is -2.36. The first kappa shape index (κ1) is 20.2. The zero-order valence-corrected chi connectivity index (χ0v) is 17.4. The summed E-state index contributed by atoms with van der Waals surface area (Å²) in [5.41, 5.74) is 1.99. The standard InChI is InChI=1S/C24H23N5O3/c30-22-20(23(31)29(24(32)26-22)21-13-15-6-7-16(21)12-15)14-25-17-8-10-19(11-9-17)28-27-18-4-2-1-3-5-18/h1-5,8-11,14-16,20-21H,6-7,12-13H2,(H,26,30,32)/t15-,16-,20-,21+/m0/s1. The largest absolute Gasteiger partial charge is 0.331 e. The number of rotatable bonds is 5. The van der Waals surface area contributed by atoms with E-state index in [0.29, 0.717) is 23.2 Å². The van der Waals surface area contributed by atoms with E-state index in [-0.39, 0.29) is 6.04 Å². The molecule has 1 saturated heterocycles. The smallest absolute Gasteiger partial charge is 0.277 e. The average Bonchev–Trinajstić information content (AvgIpc) is 3.43. The van der Waals surface area contributed by atoms with Crippen molar-refractivity contribution >= 4 is 41.1 Å². The molecule has 32 heavy (non-hydrogen) atoms. The molecule has 0 aromatic heterocycles. The minimum Gasteiger partial charge on any atom is -0.277 e. The van der Waals surface area contributed by atoms with Crippen LogP contribution in [0.1, 0.15) is 25.7 Å². The van der Waals surface area contributed by atoms with Gasteiger partial charge < -0.3 is 0 Å². The number of azo groups is 1. The quantitative estimate of drug-likeness (QED) is 0.424. The predicted molar refractivity (Wildman–Crippen MR) is 118 cm³/mol. The number of carbonyl (C=O) groups is 3.